The smallest absolute Gasteiger partial charge is 0.223 e. The summed E-state index contributed by atoms with van der Waals surface area (Å²) in [6.07, 6.45) is 3.15. The molecule has 0 saturated carbocycles. The van der Waals surface area contributed by atoms with Crippen LogP contribution in [0, 0.1) is 0 Å². The Bertz CT molecular complexity index is 403. The van der Waals surface area contributed by atoms with Crippen molar-refractivity contribution < 1.29 is 9.90 Å². The molecule has 0 aromatic heterocycles. The first-order valence-electron chi connectivity index (χ1n) is 6.45. The molecule has 18 heavy (non-hydrogen) atoms. The van der Waals surface area contributed by atoms with Gasteiger partial charge in [-0.3, -0.25) is 4.79 Å². The monoisotopic (exact) mass is 248 g/mol. The summed E-state index contributed by atoms with van der Waals surface area (Å²) in [5, 5.41) is 9.19. The van der Waals surface area contributed by atoms with Gasteiger partial charge in [0.15, 0.2) is 0 Å². The van der Waals surface area contributed by atoms with Crippen LogP contribution in [-0.2, 0) is 11.2 Å². The van der Waals surface area contributed by atoms with Crippen LogP contribution in [-0.4, -0.2) is 35.1 Å². The van der Waals surface area contributed by atoms with E-state index in [9.17, 15) is 9.90 Å². The van der Waals surface area contributed by atoms with Gasteiger partial charge in [-0.1, -0.05) is 12.1 Å². The molecule has 2 rings (SSSR count). The molecule has 0 spiro atoms. The molecule has 0 aliphatic carbocycles. The van der Waals surface area contributed by atoms with Crippen molar-refractivity contribution in [3.8, 4) is 0 Å². The van der Waals surface area contributed by atoms with Gasteiger partial charge in [-0.15, -0.1) is 0 Å². The molecule has 1 aliphatic heterocycles. The molecule has 4 nitrogen and oxygen atoms in total. The van der Waals surface area contributed by atoms with E-state index in [0.717, 1.165) is 37.1 Å². The van der Waals surface area contributed by atoms with Crippen LogP contribution in [0.2, 0.25) is 0 Å². The molecule has 1 aromatic carbocycles. The highest BCUT2D eigenvalue weighted by Crippen LogP contribution is 2.18. The number of aliphatic hydroxyl groups excluding tert-OH is 1. The highest BCUT2D eigenvalue weighted by atomic mass is 16.3. The lowest BCUT2D eigenvalue weighted by atomic mass is 10.1. The number of rotatable bonds is 4. The summed E-state index contributed by atoms with van der Waals surface area (Å²) < 4.78 is 0. The normalized spacial score (nSPS) is 19.2. The standard InChI is InChI=1S/C14H20N2O2/c15-12-6-3-11(4-7-12)5-8-14(18)16-9-1-2-13(16)10-17/h3-4,6-7,13,17H,1-2,5,8-10,15H2/t13-/m1/s1. The van der Waals surface area contributed by atoms with Crippen LogP contribution in [0.25, 0.3) is 0 Å². The first kappa shape index (κ1) is 12.9. The third-order valence-corrected chi connectivity index (χ3v) is 3.52. The van der Waals surface area contributed by atoms with Crippen molar-refractivity contribution >= 4 is 11.6 Å². The van der Waals surface area contributed by atoms with E-state index >= 15 is 0 Å². The van der Waals surface area contributed by atoms with Gasteiger partial charge in [0.05, 0.1) is 12.6 Å². The second kappa shape index (κ2) is 5.87. The minimum Gasteiger partial charge on any atom is -0.399 e. The summed E-state index contributed by atoms with van der Waals surface area (Å²) in [5.74, 6) is 0.142. The first-order chi connectivity index (χ1) is 8.70. The van der Waals surface area contributed by atoms with Gasteiger partial charge < -0.3 is 15.7 Å². The van der Waals surface area contributed by atoms with Gasteiger partial charge in [-0.25, -0.2) is 0 Å². The number of amides is 1. The molecule has 1 fully saturated rings. The maximum atomic E-state index is 12.0. The van der Waals surface area contributed by atoms with Gasteiger partial charge in [0.1, 0.15) is 0 Å². The van der Waals surface area contributed by atoms with Crippen LogP contribution < -0.4 is 5.73 Å². The summed E-state index contributed by atoms with van der Waals surface area (Å²) in [6, 6.07) is 7.65. The Morgan fingerprint density at radius 2 is 2.11 bits per heavy atom. The van der Waals surface area contributed by atoms with Gasteiger partial charge in [-0.2, -0.15) is 0 Å². The SMILES string of the molecule is Nc1ccc(CCC(=O)N2CCC[C@@H]2CO)cc1. The zero-order valence-corrected chi connectivity index (χ0v) is 10.5. The van der Waals surface area contributed by atoms with Crippen LogP contribution in [0.15, 0.2) is 24.3 Å². The quantitative estimate of drug-likeness (QED) is 0.786. The second-order valence-corrected chi connectivity index (χ2v) is 4.81. The van der Waals surface area contributed by atoms with Crippen molar-refractivity contribution in [3.05, 3.63) is 29.8 Å². The Hall–Kier alpha value is -1.55. The average molecular weight is 248 g/mol. The molecule has 0 unspecified atom stereocenters. The second-order valence-electron chi connectivity index (χ2n) is 4.81. The van der Waals surface area contributed by atoms with Crippen LogP contribution in [0.1, 0.15) is 24.8 Å². The molecule has 4 heteroatoms. The highest BCUT2D eigenvalue weighted by molar-refractivity contribution is 5.77. The van der Waals surface area contributed by atoms with Crippen molar-refractivity contribution in [2.45, 2.75) is 31.7 Å². The van der Waals surface area contributed by atoms with E-state index in [1.807, 2.05) is 29.2 Å². The number of likely N-dealkylation sites (tertiary alicyclic amines) is 1. The summed E-state index contributed by atoms with van der Waals surface area (Å²) in [4.78, 5) is 13.9. The molecule has 1 saturated heterocycles. The number of hydrogen-bond donors (Lipinski definition) is 2. The number of benzene rings is 1. The van der Waals surface area contributed by atoms with Gasteiger partial charge in [0.25, 0.3) is 0 Å². The number of nitrogens with two attached hydrogens (primary N) is 1. The van der Waals surface area contributed by atoms with E-state index in [-0.39, 0.29) is 18.6 Å². The Labute approximate surface area is 107 Å². The van der Waals surface area contributed by atoms with E-state index in [2.05, 4.69) is 0 Å². The van der Waals surface area contributed by atoms with Crippen LogP contribution >= 0.6 is 0 Å². The maximum absolute atomic E-state index is 12.0. The highest BCUT2D eigenvalue weighted by Gasteiger charge is 2.27. The molecular formula is C14H20N2O2. The van der Waals surface area contributed by atoms with Crippen LogP contribution in [0.4, 0.5) is 5.69 Å². The van der Waals surface area contributed by atoms with Gasteiger partial charge in [0.2, 0.25) is 5.91 Å². The lowest BCUT2D eigenvalue weighted by molar-refractivity contribution is -0.132. The summed E-state index contributed by atoms with van der Waals surface area (Å²) in [7, 11) is 0. The van der Waals surface area contributed by atoms with Crippen molar-refractivity contribution in [1.29, 1.82) is 0 Å². The molecule has 1 amide bonds. The number of carbonyl (C=O) groups is 1. The third-order valence-electron chi connectivity index (χ3n) is 3.52. The zero-order valence-electron chi connectivity index (χ0n) is 10.5. The summed E-state index contributed by atoms with van der Waals surface area (Å²) in [6.45, 7) is 0.861. The van der Waals surface area contributed by atoms with E-state index in [4.69, 9.17) is 5.73 Å². The van der Waals surface area contributed by atoms with Gasteiger partial charge in [-0.05, 0) is 37.0 Å². The molecule has 1 aromatic rings. The minimum absolute atomic E-state index is 0.0314. The van der Waals surface area contributed by atoms with E-state index < -0.39 is 0 Å². The number of nitrogens with zero attached hydrogens (tertiary/aromatic N) is 1. The lowest BCUT2D eigenvalue weighted by Gasteiger charge is -2.23. The Morgan fingerprint density at radius 1 is 1.39 bits per heavy atom. The number of aryl methyl sites for hydroxylation is 1. The molecule has 1 aliphatic rings. The topological polar surface area (TPSA) is 66.6 Å². The number of nitrogen functional groups attached to an aromatic ring is 1. The van der Waals surface area contributed by atoms with E-state index in [1.54, 1.807) is 0 Å². The molecular weight excluding hydrogens is 228 g/mol. The zero-order chi connectivity index (χ0) is 13.0. The molecule has 0 bridgehead atoms. The van der Waals surface area contributed by atoms with Crippen molar-refractivity contribution in [3.63, 3.8) is 0 Å². The third kappa shape index (κ3) is 3.01. The first-order valence-corrected chi connectivity index (χ1v) is 6.45. The van der Waals surface area contributed by atoms with Gasteiger partial charge >= 0.3 is 0 Å². The lowest BCUT2D eigenvalue weighted by Crippen LogP contribution is -2.37. The van der Waals surface area contributed by atoms with Crippen LogP contribution in [0.3, 0.4) is 0 Å². The number of carbonyl (C=O) groups excluding carboxylic acids is 1. The number of anilines is 1. The van der Waals surface area contributed by atoms with Crippen molar-refractivity contribution in [2.75, 3.05) is 18.9 Å². The van der Waals surface area contributed by atoms with Gasteiger partial charge in [0, 0.05) is 18.7 Å². The average Bonchev–Trinajstić information content (AvgIpc) is 2.86. The number of hydrogen-bond acceptors (Lipinski definition) is 3. The fraction of sp³-hybridized carbons (Fsp3) is 0.500. The predicted octanol–water partition coefficient (Wildman–Crippen LogP) is 1.18. The Kier molecular flexibility index (Phi) is 4.20. The fourth-order valence-corrected chi connectivity index (χ4v) is 2.43. The van der Waals surface area contributed by atoms with Crippen LogP contribution in [0.5, 0.6) is 0 Å². The molecule has 1 heterocycles. The molecule has 98 valence electrons. The maximum Gasteiger partial charge on any atom is 0.223 e. The van der Waals surface area contributed by atoms with Crippen molar-refractivity contribution in [2.24, 2.45) is 0 Å². The van der Waals surface area contributed by atoms with E-state index in [0.29, 0.717) is 6.42 Å². The predicted molar refractivity (Wildman–Crippen MR) is 71.0 cm³/mol. The van der Waals surface area contributed by atoms with Crippen molar-refractivity contribution in [1.82, 2.24) is 4.90 Å². The molecule has 3 N–H and O–H groups in total. The van der Waals surface area contributed by atoms with E-state index in [1.165, 1.54) is 0 Å². The Morgan fingerprint density at radius 3 is 2.78 bits per heavy atom. The number of aliphatic hydroxyl groups is 1. The minimum atomic E-state index is 0.0314. The summed E-state index contributed by atoms with van der Waals surface area (Å²) in [5.41, 5.74) is 7.48. The molecule has 0 radical (unpaired) electrons. The largest absolute Gasteiger partial charge is 0.399 e. The molecule has 1 atom stereocenters. The Balaban J connectivity index is 1.86. The fourth-order valence-electron chi connectivity index (χ4n) is 2.43. The summed E-state index contributed by atoms with van der Waals surface area (Å²) >= 11 is 0.